The molecule has 0 amide bonds. The molecular formula is C24H13BrCl2O. The highest BCUT2D eigenvalue weighted by molar-refractivity contribution is 9.10. The van der Waals surface area contributed by atoms with E-state index < -0.39 is 0 Å². The molecule has 136 valence electrons. The van der Waals surface area contributed by atoms with E-state index >= 15 is 0 Å². The fourth-order valence-electron chi connectivity index (χ4n) is 3.52. The minimum atomic E-state index is 0.623. The van der Waals surface area contributed by atoms with Gasteiger partial charge in [-0.05, 0) is 59.2 Å². The van der Waals surface area contributed by atoms with Crippen LogP contribution in [0.2, 0.25) is 10.0 Å². The Morgan fingerprint density at radius 1 is 0.643 bits per heavy atom. The summed E-state index contributed by atoms with van der Waals surface area (Å²) in [6.07, 6.45) is 0. The number of rotatable bonds is 2. The summed E-state index contributed by atoms with van der Waals surface area (Å²) in [5, 5.41) is 3.49. The summed E-state index contributed by atoms with van der Waals surface area (Å²) in [4.78, 5) is 0. The van der Waals surface area contributed by atoms with E-state index in [9.17, 15) is 0 Å². The van der Waals surface area contributed by atoms with Crippen molar-refractivity contribution in [1.82, 2.24) is 0 Å². The van der Waals surface area contributed by atoms with E-state index in [-0.39, 0.29) is 0 Å². The van der Waals surface area contributed by atoms with E-state index in [4.69, 9.17) is 27.6 Å². The molecule has 28 heavy (non-hydrogen) atoms. The molecule has 0 N–H and O–H groups in total. The standard InChI is InChI=1S/C24H13BrCl2O/c25-21-9-5-14(11-19(21)17-8-7-16(26)13-22(17)27)15-6-10-24-20(12-15)18-3-1-2-4-23(18)28-24/h1-13H. The maximum Gasteiger partial charge on any atom is 0.135 e. The van der Waals surface area contributed by atoms with Crippen molar-refractivity contribution in [2.45, 2.75) is 0 Å². The van der Waals surface area contributed by atoms with Crippen LogP contribution in [0.25, 0.3) is 44.2 Å². The maximum absolute atomic E-state index is 6.45. The van der Waals surface area contributed by atoms with Gasteiger partial charge in [-0.2, -0.15) is 0 Å². The number of hydrogen-bond acceptors (Lipinski definition) is 1. The topological polar surface area (TPSA) is 13.1 Å². The molecule has 5 aromatic rings. The summed E-state index contributed by atoms with van der Waals surface area (Å²) in [5.74, 6) is 0. The highest BCUT2D eigenvalue weighted by Crippen LogP contribution is 2.38. The molecule has 1 nitrogen and oxygen atoms in total. The Balaban J connectivity index is 1.68. The second-order valence-corrected chi connectivity index (χ2v) is 8.33. The van der Waals surface area contributed by atoms with Gasteiger partial charge in [0.25, 0.3) is 0 Å². The maximum atomic E-state index is 6.45. The van der Waals surface area contributed by atoms with Gasteiger partial charge in [-0.1, -0.05) is 75.5 Å². The number of hydrogen-bond donors (Lipinski definition) is 0. The lowest BCUT2D eigenvalue weighted by atomic mass is 9.98. The number of benzene rings is 4. The molecule has 1 heterocycles. The minimum absolute atomic E-state index is 0.623. The van der Waals surface area contributed by atoms with E-state index in [1.54, 1.807) is 6.07 Å². The predicted molar refractivity (Wildman–Crippen MR) is 122 cm³/mol. The minimum Gasteiger partial charge on any atom is -0.456 e. The zero-order valence-corrected chi connectivity index (χ0v) is 17.6. The normalized spacial score (nSPS) is 11.4. The van der Waals surface area contributed by atoms with Crippen molar-refractivity contribution in [2.24, 2.45) is 0 Å². The zero-order valence-electron chi connectivity index (χ0n) is 14.5. The smallest absolute Gasteiger partial charge is 0.135 e. The molecule has 0 fully saturated rings. The summed E-state index contributed by atoms with van der Waals surface area (Å²) >= 11 is 16.2. The fourth-order valence-corrected chi connectivity index (χ4v) is 4.50. The van der Waals surface area contributed by atoms with Crippen LogP contribution in [0.15, 0.2) is 87.8 Å². The molecule has 0 saturated carbocycles. The van der Waals surface area contributed by atoms with Crippen LogP contribution >= 0.6 is 39.1 Å². The summed E-state index contributed by atoms with van der Waals surface area (Å²) < 4.78 is 6.93. The molecule has 0 aliphatic heterocycles. The van der Waals surface area contributed by atoms with Crippen molar-refractivity contribution >= 4 is 61.1 Å². The van der Waals surface area contributed by atoms with Gasteiger partial charge in [0.15, 0.2) is 0 Å². The molecule has 4 heteroatoms. The van der Waals surface area contributed by atoms with Crippen LogP contribution in [-0.4, -0.2) is 0 Å². The second-order valence-electron chi connectivity index (χ2n) is 6.63. The van der Waals surface area contributed by atoms with E-state index in [1.807, 2.05) is 42.5 Å². The van der Waals surface area contributed by atoms with Crippen LogP contribution < -0.4 is 0 Å². The Kier molecular flexibility index (Phi) is 4.43. The van der Waals surface area contributed by atoms with Crippen LogP contribution in [0.5, 0.6) is 0 Å². The monoisotopic (exact) mass is 466 g/mol. The average Bonchev–Trinajstić information content (AvgIpc) is 3.07. The summed E-state index contributed by atoms with van der Waals surface area (Å²) in [5.41, 5.74) is 5.99. The van der Waals surface area contributed by atoms with Gasteiger partial charge in [0.1, 0.15) is 11.2 Å². The number of fused-ring (bicyclic) bond motifs is 3. The first-order chi connectivity index (χ1) is 13.6. The average molecular weight is 468 g/mol. The van der Waals surface area contributed by atoms with Gasteiger partial charge in [0.05, 0.1) is 0 Å². The SMILES string of the molecule is Clc1ccc(-c2cc(-c3ccc4oc5ccccc5c4c3)ccc2Br)c(Cl)c1. The van der Waals surface area contributed by atoms with E-state index in [2.05, 4.69) is 46.3 Å². The lowest BCUT2D eigenvalue weighted by Gasteiger charge is -2.11. The molecule has 0 aliphatic rings. The van der Waals surface area contributed by atoms with E-state index in [1.165, 1.54) is 0 Å². The zero-order chi connectivity index (χ0) is 19.3. The van der Waals surface area contributed by atoms with E-state index in [0.29, 0.717) is 10.0 Å². The van der Waals surface area contributed by atoms with Crippen molar-refractivity contribution in [2.75, 3.05) is 0 Å². The first-order valence-corrected chi connectivity index (χ1v) is 10.3. The molecule has 0 bridgehead atoms. The van der Waals surface area contributed by atoms with Gasteiger partial charge in [0.2, 0.25) is 0 Å². The number of halogens is 3. The van der Waals surface area contributed by atoms with E-state index in [0.717, 1.165) is 48.7 Å². The summed E-state index contributed by atoms with van der Waals surface area (Å²) in [7, 11) is 0. The molecule has 0 spiro atoms. The molecule has 0 atom stereocenters. The predicted octanol–water partition coefficient (Wildman–Crippen LogP) is 8.99. The van der Waals surface area contributed by atoms with Crippen molar-refractivity contribution in [3.05, 3.63) is 93.4 Å². The Bertz CT molecular complexity index is 1350. The molecule has 0 saturated heterocycles. The summed E-state index contributed by atoms with van der Waals surface area (Å²) in [6.45, 7) is 0. The highest BCUT2D eigenvalue weighted by Gasteiger charge is 2.12. The Morgan fingerprint density at radius 2 is 1.39 bits per heavy atom. The molecule has 0 unspecified atom stereocenters. The lowest BCUT2D eigenvalue weighted by molar-refractivity contribution is 0.669. The van der Waals surface area contributed by atoms with Crippen LogP contribution in [0.1, 0.15) is 0 Å². The van der Waals surface area contributed by atoms with Crippen molar-refractivity contribution < 1.29 is 4.42 Å². The quantitative estimate of drug-likeness (QED) is 0.252. The van der Waals surface area contributed by atoms with Gasteiger partial charge in [0, 0.05) is 30.9 Å². The lowest BCUT2D eigenvalue weighted by Crippen LogP contribution is -1.85. The highest BCUT2D eigenvalue weighted by atomic mass is 79.9. The Hall–Kier alpha value is -2.26. The van der Waals surface area contributed by atoms with Crippen molar-refractivity contribution in [1.29, 1.82) is 0 Å². The fraction of sp³-hybridized carbons (Fsp3) is 0. The van der Waals surface area contributed by atoms with Gasteiger partial charge in [-0.3, -0.25) is 0 Å². The molecular weight excluding hydrogens is 455 g/mol. The third-order valence-electron chi connectivity index (χ3n) is 4.90. The van der Waals surface area contributed by atoms with Crippen LogP contribution in [-0.2, 0) is 0 Å². The van der Waals surface area contributed by atoms with Crippen LogP contribution in [0.3, 0.4) is 0 Å². The van der Waals surface area contributed by atoms with Gasteiger partial charge in [-0.15, -0.1) is 0 Å². The first kappa shape index (κ1) is 17.8. The summed E-state index contributed by atoms with van der Waals surface area (Å²) in [6, 6.07) is 26.2. The van der Waals surface area contributed by atoms with Gasteiger partial charge >= 0.3 is 0 Å². The third-order valence-corrected chi connectivity index (χ3v) is 6.14. The van der Waals surface area contributed by atoms with Gasteiger partial charge in [-0.25, -0.2) is 0 Å². The largest absolute Gasteiger partial charge is 0.456 e. The Labute approximate surface area is 180 Å². The number of furan rings is 1. The first-order valence-electron chi connectivity index (χ1n) is 8.77. The Morgan fingerprint density at radius 3 is 2.25 bits per heavy atom. The molecule has 0 aliphatic carbocycles. The van der Waals surface area contributed by atoms with Crippen LogP contribution in [0, 0.1) is 0 Å². The molecule has 5 rings (SSSR count). The number of para-hydroxylation sites is 1. The second kappa shape index (κ2) is 6.97. The van der Waals surface area contributed by atoms with Crippen LogP contribution in [0.4, 0.5) is 0 Å². The van der Waals surface area contributed by atoms with Gasteiger partial charge < -0.3 is 4.42 Å². The molecule has 4 aromatic carbocycles. The molecule has 1 aromatic heterocycles. The van der Waals surface area contributed by atoms with Crippen molar-refractivity contribution in [3.63, 3.8) is 0 Å². The van der Waals surface area contributed by atoms with Crippen molar-refractivity contribution in [3.8, 4) is 22.3 Å². The third kappa shape index (κ3) is 3.02. The molecule has 0 radical (unpaired) electrons.